The number of hydrogen-bond donors (Lipinski definition) is 1. The Balaban J connectivity index is 2.01. The highest BCUT2D eigenvalue weighted by atomic mass is 16.5. The van der Waals surface area contributed by atoms with Gasteiger partial charge in [0.05, 0.1) is 12.7 Å². The molecular formula is C16H25NO2. The van der Waals surface area contributed by atoms with Crippen LogP contribution in [-0.2, 0) is 4.74 Å². The number of benzene rings is 1. The van der Waals surface area contributed by atoms with Crippen LogP contribution in [-0.4, -0.2) is 26.4 Å². The van der Waals surface area contributed by atoms with Gasteiger partial charge in [-0.15, -0.1) is 0 Å². The van der Waals surface area contributed by atoms with E-state index in [4.69, 9.17) is 9.47 Å². The molecule has 1 aromatic rings. The molecule has 1 fully saturated rings. The quantitative estimate of drug-likeness (QED) is 0.854. The van der Waals surface area contributed by atoms with E-state index >= 15 is 0 Å². The maximum absolute atomic E-state index is 5.84. The van der Waals surface area contributed by atoms with Crippen molar-refractivity contribution in [3.05, 3.63) is 29.8 Å². The third-order valence-electron chi connectivity index (χ3n) is 3.69. The van der Waals surface area contributed by atoms with Gasteiger partial charge in [0.2, 0.25) is 0 Å². The first-order chi connectivity index (χ1) is 9.33. The summed E-state index contributed by atoms with van der Waals surface area (Å²) in [5.74, 6) is 0.949. The molecule has 1 aromatic carbocycles. The molecule has 0 bridgehead atoms. The second kappa shape index (κ2) is 7.51. The summed E-state index contributed by atoms with van der Waals surface area (Å²) in [6.07, 6.45) is 5.11. The maximum atomic E-state index is 5.84. The molecule has 2 unspecified atom stereocenters. The lowest BCUT2D eigenvalue weighted by Crippen LogP contribution is -2.26. The van der Waals surface area contributed by atoms with Gasteiger partial charge in [-0.05, 0) is 57.4 Å². The SMILES string of the molecule is CCOc1cccc(C(CC2CCCCO2)NC)c1. The molecule has 1 aliphatic rings. The molecule has 0 aliphatic carbocycles. The van der Waals surface area contributed by atoms with E-state index < -0.39 is 0 Å². The van der Waals surface area contributed by atoms with Crippen LogP contribution in [0.3, 0.4) is 0 Å². The summed E-state index contributed by atoms with van der Waals surface area (Å²) < 4.78 is 11.4. The number of rotatable bonds is 6. The Kier molecular flexibility index (Phi) is 5.67. The zero-order valence-corrected chi connectivity index (χ0v) is 12.0. The van der Waals surface area contributed by atoms with Crippen LogP contribution in [0.1, 0.15) is 44.2 Å². The maximum Gasteiger partial charge on any atom is 0.119 e. The lowest BCUT2D eigenvalue weighted by Gasteiger charge is -2.27. The molecule has 0 saturated carbocycles. The predicted octanol–water partition coefficient (Wildman–Crippen LogP) is 3.31. The Bertz CT molecular complexity index is 375. The Morgan fingerprint density at radius 3 is 3.00 bits per heavy atom. The molecule has 0 amide bonds. The second-order valence-corrected chi connectivity index (χ2v) is 5.07. The van der Waals surface area contributed by atoms with Crippen molar-refractivity contribution in [3.63, 3.8) is 0 Å². The predicted molar refractivity (Wildman–Crippen MR) is 77.6 cm³/mol. The smallest absolute Gasteiger partial charge is 0.119 e. The minimum atomic E-state index is 0.337. The van der Waals surface area contributed by atoms with Crippen LogP contribution in [0, 0.1) is 0 Å². The van der Waals surface area contributed by atoms with E-state index in [0.29, 0.717) is 18.8 Å². The fraction of sp³-hybridized carbons (Fsp3) is 0.625. The largest absolute Gasteiger partial charge is 0.494 e. The molecule has 0 spiro atoms. The monoisotopic (exact) mass is 263 g/mol. The molecule has 1 aliphatic heterocycles. The minimum absolute atomic E-state index is 0.337. The molecule has 1 N–H and O–H groups in total. The van der Waals surface area contributed by atoms with Crippen molar-refractivity contribution in [1.82, 2.24) is 5.32 Å². The number of ether oxygens (including phenoxy) is 2. The fourth-order valence-electron chi connectivity index (χ4n) is 2.66. The average molecular weight is 263 g/mol. The van der Waals surface area contributed by atoms with E-state index in [9.17, 15) is 0 Å². The van der Waals surface area contributed by atoms with Crippen LogP contribution in [0.4, 0.5) is 0 Å². The Morgan fingerprint density at radius 1 is 1.42 bits per heavy atom. The van der Waals surface area contributed by atoms with Crippen molar-refractivity contribution in [2.45, 2.75) is 44.8 Å². The first kappa shape index (κ1) is 14.4. The van der Waals surface area contributed by atoms with Crippen LogP contribution >= 0.6 is 0 Å². The normalized spacial score (nSPS) is 21.1. The standard InChI is InChI=1S/C16H25NO2/c1-3-18-14-9-6-7-13(11-14)16(17-2)12-15-8-4-5-10-19-15/h6-7,9,11,15-17H,3-5,8,10,12H2,1-2H3. The fourth-order valence-corrected chi connectivity index (χ4v) is 2.66. The molecule has 1 saturated heterocycles. The van der Waals surface area contributed by atoms with Crippen LogP contribution in [0.2, 0.25) is 0 Å². The van der Waals surface area contributed by atoms with Crippen LogP contribution < -0.4 is 10.1 Å². The Morgan fingerprint density at radius 2 is 2.32 bits per heavy atom. The summed E-state index contributed by atoms with van der Waals surface area (Å²) in [5, 5.41) is 3.40. The Labute approximate surface area is 116 Å². The Hall–Kier alpha value is -1.06. The molecule has 2 atom stereocenters. The van der Waals surface area contributed by atoms with Crippen molar-refractivity contribution in [2.75, 3.05) is 20.3 Å². The van der Waals surface area contributed by atoms with Gasteiger partial charge in [0.1, 0.15) is 5.75 Å². The molecule has 106 valence electrons. The highest BCUT2D eigenvalue weighted by Crippen LogP contribution is 2.26. The highest BCUT2D eigenvalue weighted by Gasteiger charge is 2.20. The van der Waals surface area contributed by atoms with Gasteiger partial charge in [0, 0.05) is 12.6 Å². The van der Waals surface area contributed by atoms with E-state index in [1.54, 1.807) is 0 Å². The van der Waals surface area contributed by atoms with Gasteiger partial charge < -0.3 is 14.8 Å². The first-order valence-electron chi connectivity index (χ1n) is 7.35. The molecule has 2 rings (SSSR count). The molecule has 0 aromatic heterocycles. The lowest BCUT2D eigenvalue weighted by molar-refractivity contribution is 0.00547. The van der Waals surface area contributed by atoms with Crippen molar-refractivity contribution in [2.24, 2.45) is 0 Å². The van der Waals surface area contributed by atoms with Gasteiger partial charge >= 0.3 is 0 Å². The van der Waals surface area contributed by atoms with Crippen molar-refractivity contribution in [1.29, 1.82) is 0 Å². The van der Waals surface area contributed by atoms with E-state index in [-0.39, 0.29) is 0 Å². The third kappa shape index (κ3) is 4.22. The summed E-state index contributed by atoms with van der Waals surface area (Å²) in [6.45, 7) is 3.64. The van der Waals surface area contributed by atoms with E-state index in [1.165, 1.54) is 24.8 Å². The first-order valence-corrected chi connectivity index (χ1v) is 7.35. The van der Waals surface area contributed by atoms with Crippen molar-refractivity contribution in [3.8, 4) is 5.75 Å². The second-order valence-electron chi connectivity index (χ2n) is 5.07. The molecule has 3 nitrogen and oxygen atoms in total. The minimum Gasteiger partial charge on any atom is -0.494 e. The average Bonchev–Trinajstić information content (AvgIpc) is 2.46. The summed E-state index contributed by atoms with van der Waals surface area (Å²) in [4.78, 5) is 0. The van der Waals surface area contributed by atoms with Crippen molar-refractivity contribution < 1.29 is 9.47 Å². The van der Waals surface area contributed by atoms with Crippen LogP contribution in [0.15, 0.2) is 24.3 Å². The van der Waals surface area contributed by atoms with Crippen molar-refractivity contribution >= 4 is 0 Å². The van der Waals surface area contributed by atoms with Gasteiger partial charge in [-0.2, -0.15) is 0 Å². The van der Waals surface area contributed by atoms with E-state index in [0.717, 1.165) is 18.8 Å². The zero-order valence-electron chi connectivity index (χ0n) is 12.0. The summed E-state index contributed by atoms with van der Waals surface area (Å²) in [6, 6.07) is 8.70. The van der Waals surface area contributed by atoms with Gasteiger partial charge in [-0.25, -0.2) is 0 Å². The van der Waals surface area contributed by atoms with Gasteiger partial charge in [-0.3, -0.25) is 0 Å². The highest BCUT2D eigenvalue weighted by molar-refractivity contribution is 5.30. The molecule has 19 heavy (non-hydrogen) atoms. The van der Waals surface area contributed by atoms with E-state index in [1.807, 2.05) is 20.0 Å². The third-order valence-corrected chi connectivity index (χ3v) is 3.69. The molecule has 0 radical (unpaired) electrons. The summed E-state index contributed by atoms with van der Waals surface area (Å²) in [7, 11) is 2.01. The van der Waals surface area contributed by atoms with Crippen LogP contribution in [0.5, 0.6) is 5.75 Å². The van der Waals surface area contributed by atoms with E-state index in [2.05, 4.69) is 23.5 Å². The van der Waals surface area contributed by atoms with Gasteiger partial charge in [0.15, 0.2) is 0 Å². The topological polar surface area (TPSA) is 30.5 Å². The summed E-state index contributed by atoms with van der Waals surface area (Å²) >= 11 is 0. The van der Waals surface area contributed by atoms with Gasteiger partial charge in [-0.1, -0.05) is 12.1 Å². The molecular weight excluding hydrogens is 238 g/mol. The lowest BCUT2D eigenvalue weighted by atomic mass is 9.96. The molecule has 1 heterocycles. The number of hydrogen-bond acceptors (Lipinski definition) is 3. The summed E-state index contributed by atoms with van der Waals surface area (Å²) in [5.41, 5.74) is 1.28. The molecule has 3 heteroatoms. The number of nitrogens with one attached hydrogen (secondary N) is 1. The van der Waals surface area contributed by atoms with Gasteiger partial charge in [0.25, 0.3) is 0 Å². The van der Waals surface area contributed by atoms with Crippen LogP contribution in [0.25, 0.3) is 0 Å². The zero-order chi connectivity index (χ0) is 13.5.